The minimum Gasteiger partial charge on any atom is -0.394 e. The fourth-order valence-corrected chi connectivity index (χ4v) is 3.68. The van der Waals surface area contributed by atoms with E-state index in [9.17, 15) is 5.11 Å². The highest BCUT2D eigenvalue weighted by atomic mass is 79.9. The topological polar surface area (TPSA) is 45.1 Å². The molecule has 5 heteroatoms. The largest absolute Gasteiger partial charge is 0.394 e. The van der Waals surface area contributed by atoms with Crippen LogP contribution < -0.4 is 5.32 Å². The van der Waals surface area contributed by atoms with Crippen LogP contribution in [0.2, 0.25) is 0 Å². The average molecular weight is 392 g/mol. The van der Waals surface area contributed by atoms with Crippen LogP contribution in [0.3, 0.4) is 0 Å². The maximum atomic E-state index is 9.72. The van der Waals surface area contributed by atoms with Gasteiger partial charge in [0.05, 0.1) is 12.3 Å². The van der Waals surface area contributed by atoms with Gasteiger partial charge in [-0.25, -0.2) is 0 Å². The van der Waals surface area contributed by atoms with Crippen molar-refractivity contribution >= 4 is 31.9 Å². The minimum absolute atomic E-state index is 0.124. The summed E-state index contributed by atoms with van der Waals surface area (Å²) in [7, 11) is 0. The molecule has 0 aliphatic heterocycles. The molecule has 0 atom stereocenters. The lowest BCUT2D eigenvalue weighted by Gasteiger charge is -2.39. The molecule has 3 nitrogen and oxygen atoms in total. The third-order valence-corrected chi connectivity index (χ3v) is 5.17. The second-order valence-electron chi connectivity index (χ2n) is 5.56. The SMILES string of the molecule is CC1CCC(CO)(NCc2ncc(Br)cc2Br)CC1. The summed E-state index contributed by atoms with van der Waals surface area (Å²) >= 11 is 6.93. The van der Waals surface area contributed by atoms with Crippen LogP contribution in [-0.2, 0) is 6.54 Å². The smallest absolute Gasteiger partial charge is 0.0684 e. The van der Waals surface area contributed by atoms with E-state index in [1.807, 2.05) is 6.07 Å². The monoisotopic (exact) mass is 390 g/mol. The molecule has 1 heterocycles. The highest BCUT2D eigenvalue weighted by Gasteiger charge is 2.33. The Hall–Kier alpha value is 0.0300. The van der Waals surface area contributed by atoms with E-state index in [4.69, 9.17) is 0 Å². The Labute approximate surface area is 131 Å². The zero-order valence-electron chi connectivity index (χ0n) is 11.1. The van der Waals surface area contributed by atoms with Crippen molar-refractivity contribution in [2.45, 2.75) is 44.7 Å². The average Bonchev–Trinajstić information content (AvgIpc) is 2.40. The molecule has 1 aliphatic carbocycles. The zero-order valence-corrected chi connectivity index (χ0v) is 14.3. The van der Waals surface area contributed by atoms with Gasteiger partial charge in [0.15, 0.2) is 0 Å². The molecule has 1 aliphatic rings. The van der Waals surface area contributed by atoms with Crippen LogP contribution in [0.1, 0.15) is 38.3 Å². The number of nitrogens with zero attached hydrogens (tertiary/aromatic N) is 1. The van der Waals surface area contributed by atoms with Crippen LogP contribution in [0, 0.1) is 5.92 Å². The van der Waals surface area contributed by atoms with Gasteiger partial charge in [0.1, 0.15) is 0 Å². The van der Waals surface area contributed by atoms with E-state index in [-0.39, 0.29) is 12.1 Å². The predicted octanol–water partition coefficient (Wildman–Crippen LogP) is 3.64. The first-order valence-electron chi connectivity index (χ1n) is 6.70. The second kappa shape index (κ2) is 6.66. The van der Waals surface area contributed by atoms with Gasteiger partial charge in [0.2, 0.25) is 0 Å². The maximum Gasteiger partial charge on any atom is 0.0684 e. The van der Waals surface area contributed by atoms with Crippen molar-refractivity contribution in [3.05, 3.63) is 26.9 Å². The van der Waals surface area contributed by atoms with Crippen LogP contribution in [-0.4, -0.2) is 22.2 Å². The van der Waals surface area contributed by atoms with Gasteiger partial charge in [0, 0.05) is 27.2 Å². The zero-order chi connectivity index (χ0) is 13.9. The number of hydrogen-bond acceptors (Lipinski definition) is 3. The molecule has 0 spiro atoms. The minimum atomic E-state index is -0.124. The van der Waals surface area contributed by atoms with Gasteiger partial charge in [-0.1, -0.05) is 6.92 Å². The Morgan fingerprint density at radius 3 is 2.68 bits per heavy atom. The summed E-state index contributed by atoms with van der Waals surface area (Å²) in [5.41, 5.74) is 0.857. The second-order valence-corrected chi connectivity index (χ2v) is 7.33. The van der Waals surface area contributed by atoms with E-state index < -0.39 is 0 Å². The van der Waals surface area contributed by atoms with E-state index >= 15 is 0 Å². The quantitative estimate of drug-likeness (QED) is 0.823. The molecule has 19 heavy (non-hydrogen) atoms. The number of hydrogen-bond donors (Lipinski definition) is 2. The molecule has 2 rings (SSSR count). The third-order valence-electron chi connectivity index (χ3n) is 4.05. The van der Waals surface area contributed by atoms with E-state index in [0.29, 0.717) is 6.54 Å². The van der Waals surface area contributed by atoms with Crippen molar-refractivity contribution in [3.63, 3.8) is 0 Å². The number of halogens is 2. The van der Waals surface area contributed by atoms with E-state index in [0.717, 1.165) is 33.4 Å². The van der Waals surface area contributed by atoms with E-state index in [1.54, 1.807) is 6.20 Å². The summed E-state index contributed by atoms with van der Waals surface area (Å²) < 4.78 is 1.96. The summed E-state index contributed by atoms with van der Waals surface area (Å²) in [5, 5.41) is 13.2. The number of nitrogens with one attached hydrogen (secondary N) is 1. The summed E-state index contributed by atoms with van der Waals surface area (Å²) in [4.78, 5) is 4.40. The number of rotatable bonds is 4. The number of aromatic nitrogens is 1. The molecule has 0 aromatic carbocycles. The van der Waals surface area contributed by atoms with Gasteiger partial charge in [-0.2, -0.15) is 0 Å². The lowest BCUT2D eigenvalue weighted by Crippen LogP contribution is -2.50. The highest BCUT2D eigenvalue weighted by molar-refractivity contribution is 9.11. The molecule has 0 bridgehead atoms. The predicted molar refractivity (Wildman–Crippen MR) is 83.9 cm³/mol. The molecule has 0 radical (unpaired) electrons. The number of pyridine rings is 1. The molecular weight excluding hydrogens is 372 g/mol. The number of aliphatic hydroxyl groups excluding tert-OH is 1. The Morgan fingerprint density at radius 1 is 1.42 bits per heavy atom. The Morgan fingerprint density at radius 2 is 2.11 bits per heavy atom. The summed E-state index contributed by atoms with van der Waals surface area (Å²) in [6.07, 6.45) is 6.25. The van der Waals surface area contributed by atoms with Crippen LogP contribution in [0.4, 0.5) is 0 Å². The van der Waals surface area contributed by atoms with Gasteiger partial charge >= 0.3 is 0 Å². The summed E-state index contributed by atoms with van der Waals surface area (Å²) in [5.74, 6) is 0.777. The third kappa shape index (κ3) is 4.00. The van der Waals surface area contributed by atoms with Gasteiger partial charge in [-0.15, -0.1) is 0 Å². The van der Waals surface area contributed by atoms with Gasteiger partial charge < -0.3 is 10.4 Å². The van der Waals surface area contributed by atoms with Crippen molar-refractivity contribution in [2.24, 2.45) is 5.92 Å². The van der Waals surface area contributed by atoms with Gasteiger partial charge in [0.25, 0.3) is 0 Å². The molecule has 1 aromatic heterocycles. The van der Waals surface area contributed by atoms with Crippen LogP contribution in [0.15, 0.2) is 21.2 Å². The van der Waals surface area contributed by atoms with Crippen molar-refractivity contribution in [1.82, 2.24) is 10.3 Å². The summed E-state index contributed by atoms with van der Waals surface area (Å²) in [6.45, 7) is 3.17. The molecule has 0 amide bonds. The van der Waals surface area contributed by atoms with Crippen LogP contribution in [0.25, 0.3) is 0 Å². The molecule has 0 unspecified atom stereocenters. The molecule has 1 saturated carbocycles. The normalized spacial score (nSPS) is 27.5. The first-order valence-corrected chi connectivity index (χ1v) is 8.29. The fraction of sp³-hybridized carbons (Fsp3) is 0.643. The van der Waals surface area contributed by atoms with Crippen molar-refractivity contribution in [1.29, 1.82) is 0 Å². The standard InChI is InChI=1S/C14H20Br2N2O/c1-10-2-4-14(9-19,5-3-10)18-8-13-12(16)6-11(15)7-17-13/h6-7,10,18-19H,2-5,8-9H2,1H3. The highest BCUT2D eigenvalue weighted by Crippen LogP contribution is 2.32. The van der Waals surface area contributed by atoms with Gasteiger partial charge in [-0.3, -0.25) is 4.98 Å². The van der Waals surface area contributed by atoms with Crippen molar-refractivity contribution in [3.8, 4) is 0 Å². The first-order chi connectivity index (χ1) is 9.04. The lowest BCUT2D eigenvalue weighted by atomic mass is 9.77. The Balaban J connectivity index is 2.00. The molecule has 1 fully saturated rings. The van der Waals surface area contributed by atoms with Crippen molar-refractivity contribution < 1.29 is 5.11 Å². The molecule has 1 aromatic rings. The van der Waals surface area contributed by atoms with E-state index in [2.05, 4.69) is 49.1 Å². The lowest BCUT2D eigenvalue weighted by molar-refractivity contribution is 0.104. The van der Waals surface area contributed by atoms with Crippen LogP contribution >= 0.6 is 31.9 Å². The first kappa shape index (κ1) is 15.4. The van der Waals surface area contributed by atoms with Crippen LogP contribution in [0.5, 0.6) is 0 Å². The van der Waals surface area contributed by atoms with Crippen molar-refractivity contribution in [2.75, 3.05) is 6.61 Å². The molecular formula is C14H20Br2N2O. The molecule has 106 valence electrons. The number of aliphatic hydroxyl groups is 1. The van der Waals surface area contributed by atoms with E-state index in [1.165, 1.54) is 12.8 Å². The fourth-order valence-electron chi connectivity index (χ4n) is 2.55. The Bertz CT molecular complexity index is 431. The molecule has 0 saturated heterocycles. The Kier molecular flexibility index (Phi) is 5.40. The van der Waals surface area contributed by atoms with Gasteiger partial charge in [-0.05, 0) is 69.5 Å². The maximum absolute atomic E-state index is 9.72. The summed E-state index contributed by atoms with van der Waals surface area (Å²) in [6, 6.07) is 2.00. The molecule has 2 N–H and O–H groups in total.